The van der Waals surface area contributed by atoms with Crippen molar-refractivity contribution in [3.63, 3.8) is 0 Å². The van der Waals surface area contributed by atoms with Gasteiger partial charge in [-0.1, -0.05) is 18.0 Å². The molecule has 2 N–H and O–H groups in total. The number of aromatic nitrogens is 1. The van der Waals surface area contributed by atoms with Crippen LogP contribution in [0.25, 0.3) is 0 Å². The van der Waals surface area contributed by atoms with E-state index in [0.717, 1.165) is 19.3 Å². The Kier molecular flexibility index (Phi) is 4.21. The average Bonchev–Trinajstić information content (AvgIpc) is 2.76. The largest absolute Gasteiger partial charge is 0.396 e. The molecule has 0 bridgehead atoms. The van der Waals surface area contributed by atoms with Gasteiger partial charge >= 0.3 is 0 Å². The summed E-state index contributed by atoms with van der Waals surface area (Å²) in [6.07, 6.45) is 3.76. The molecule has 0 amide bonds. The SMILES string of the molecule is O=S(=O)(NC1CCCC1CO)c1ccc(Cl)nc1. The van der Waals surface area contributed by atoms with E-state index in [0.29, 0.717) is 0 Å². The monoisotopic (exact) mass is 290 g/mol. The molecule has 5 nitrogen and oxygen atoms in total. The van der Waals surface area contributed by atoms with Gasteiger partial charge in [-0.2, -0.15) is 0 Å². The number of hydrogen-bond acceptors (Lipinski definition) is 4. The minimum atomic E-state index is -3.59. The van der Waals surface area contributed by atoms with E-state index >= 15 is 0 Å². The molecule has 0 spiro atoms. The van der Waals surface area contributed by atoms with Crippen LogP contribution in [0, 0.1) is 5.92 Å². The number of sulfonamides is 1. The van der Waals surface area contributed by atoms with E-state index in [9.17, 15) is 13.5 Å². The molecule has 1 saturated carbocycles. The fraction of sp³-hybridized carbons (Fsp3) is 0.545. The molecular weight excluding hydrogens is 276 g/mol. The van der Waals surface area contributed by atoms with Crippen molar-refractivity contribution in [3.8, 4) is 0 Å². The van der Waals surface area contributed by atoms with Crippen LogP contribution in [-0.2, 0) is 10.0 Å². The molecule has 0 aliphatic heterocycles. The summed E-state index contributed by atoms with van der Waals surface area (Å²) in [7, 11) is -3.59. The summed E-state index contributed by atoms with van der Waals surface area (Å²) >= 11 is 5.62. The summed E-state index contributed by atoms with van der Waals surface area (Å²) in [5, 5.41) is 9.43. The van der Waals surface area contributed by atoms with E-state index in [1.54, 1.807) is 0 Å². The van der Waals surface area contributed by atoms with Crippen LogP contribution in [0.4, 0.5) is 0 Å². The average molecular weight is 291 g/mol. The van der Waals surface area contributed by atoms with Gasteiger partial charge in [0.1, 0.15) is 10.0 Å². The van der Waals surface area contributed by atoms with Gasteiger partial charge in [-0.3, -0.25) is 0 Å². The van der Waals surface area contributed by atoms with Crippen molar-refractivity contribution in [2.45, 2.75) is 30.2 Å². The summed E-state index contributed by atoms with van der Waals surface area (Å²) in [5.74, 6) is 0.0000318. The Bertz CT molecular complexity index is 504. The van der Waals surface area contributed by atoms with Crippen LogP contribution >= 0.6 is 11.6 Å². The zero-order valence-electron chi connectivity index (χ0n) is 9.71. The number of aliphatic hydroxyl groups is 1. The molecule has 18 heavy (non-hydrogen) atoms. The van der Waals surface area contributed by atoms with E-state index in [1.807, 2.05) is 0 Å². The molecule has 1 fully saturated rings. The Morgan fingerprint density at radius 1 is 1.44 bits per heavy atom. The Morgan fingerprint density at radius 2 is 2.22 bits per heavy atom. The third-order valence-electron chi connectivity index (χ3n) is 3.21. The van der Waals surface area contributed by atoms with Gasteiger partial charge in [0, 0.05) is 18.8 Å². The fourth-order valence-electron chi connectivity index (χ4n) is 2.20. The predicted molar refractivity (Wildman–Crippen MR) is 67.8 cm³/mol. The van der Waals surface area contributed by atoms with Crippen LogP contribution in [0.5, 0.6) is 0 Å². The molecule has 7 heteroatoms. The number of rotatable bonds is 4. The van der Waals surface area contributed by atoms with Crippen LogP contribution in [-0.4, -0.2) is 31.2 Å². The van der Waals surface area contributed by atoms with Crippen molar-refractivity contribution in [1.29, 1.82) is 0 Å². The lowest BCUT2D eigenvalue weighted by Crippen LogP contribution is -2.38. The van der Waals surface area contributed by atoms with Crippen LogP contribution in [0.3, 0.4) is 0 Å². The standard InChI is InChI=1S/C11H15ClN2O3S/c12-11-5-4-9(6-13-11)18(16,17)14-10-3-1-2-8(10)7-15/h4-6,8,10,14-15H,1-3,7H2. The molecule has 2 unspecified atom stereocenters. The number of nitrogens with zero attached hydrogens (tertiary/aromatic N) is 1. The molecule has 1 aliphatic rings. The zero-order valence-corrected chi connectivity index (χ0v) is 11.3. The molecule has 1 heterocycles. The van der Waals surface area contributed by atoms with Crippen molar-refractivity contribution in [2.24, 2.45) is 5.92 Å². The van der Waals surface area contributed by atoms with Gasteiger partial charge in [0.05, 0.1) is 0 Å². The van der Waals surface area contributed by atoms with Crippen molar-refractivity contribution in [3.05, 3.63) is 23.5 Å². The summed E-state index contributed by atoms with van der Waals surface area (Å²) in [6.45, 7) is 0.00601. The lowest BCUT2D eigenvalue weighted by Gasteiger charge is -2.18. The van der Waals surface area contributed by atoms with Gasteiger partial charge in [0.15, 0.2) is 0 Å². The molecule has 0 aromatic carbocycles. The van der Waals surface area contributed by atoms with Gasteiger partial charge in [0.2, 0.25) is 10.0 Å². The van der Waals surface area contributed by atoms with Gasteiger partial charge in [0.25, 0.3) is 0 Å². The maximum Gasteiger partial charge on any atom is 0.242 e. The zero-order chi connectivity index (χ0) is 13.2. The van der Waals surface area contributed by atoms with Gasteiger partial charge in [-0.25, -0.2) is 18.1 Å². The second kappa shape index (κ2) is 5.52. The van der Waals surface area contributed by atoms with E-state index in [4.69, 9.17) is 11.6 Å². The van der Waals surface area contributed by atoms with Crippen LogP contribution in [0.15, 0.2) is 23.2 Å². The van der Waals surface area contributed by atoms with Crippen molar-refractivity contribution < 1.29 is 13.5 Å². The first-order valence-electron chi connectivity index (χ1n) is 5.77. The quantitative estimate of drug-likeness (QED) is 0.816. The third kappa shape index (κ3) is 3.00. The second-order valence-corrected chi connectivity index (χ2v) is 6.52. The topological polar surface area (TPSA) is 79.3 Å². The van der Waals surface area contributed by atoms with Gasteiger partial charge in [-0.05, 0) is 30.9 Å². The number of aliphatic hydroxyl groups excluding tert-OH is 1. The molecule has 2 rings (SSSR count). The Morgan fingerprint density at radius 3 is 2.83 bits per heavy atom. The molecule has 0 saturated heterocycles. The van der Waals surface area contributed by atoms with Crippen molar-refractivity contribution in [2.75, 3.05) is 6.61 Å². The first kappa shape index (κ1) is 13.7. The molecule has 100 valence electrons. The summed E-state index contributed by atoms with van der Waals surface area (Å²) in [5.41, 5.74) is 0. The maximum absolute atomic E-state index is 12.1. The van der Waals surface area contributed by atoms with Crippen molar-refractivity contribution >= 4 is 21.6 Å². The molecule has 0 radical (unpaired) electrons. The molecule has 2 atom stereocenters. The Labute approximate surface area is 111 Å². The normalized spacial score (nSPS) is 24.3. The first-order chi connectivity index (χ1) is 8.53. The highest BCUT2D eigenvalue weighted by Crippen LogP contribution is 2.26. The van der Waals surface area contributed by atoms with E-state index in [1.165, 1.54) is 18.3 Å². The number of nitrogens with one attached hydrogen (secondary N) is 1. The summed E-state index contributed by atoms with van der Waals surface area (Å²) in [4.78, 5) is 3.85. The highest BCUT2D eigenvalue weighted by molar-refractivity contribution is 7.89. The summed E-state index contributed by atoms with van der Waals surface area (Å²) in [6, 6.07) is 2.66. The van der Waals surface area contributed by atoms with Crippen LogP contribution in [0.2, 0.25) is 5.15 Å². The molecule has 1 aromatic rings. The number of pyridine rings is 1. The third-order valence-corrected chi connectivity index (χ3v) is 4.91. The molecule has 1 aliphatic carbocycles. The van der Waals surface area contributed by atoms with E-state index in [-0.39, 0.29) is 28.6 Å². The lowest BCUT2D eigenvalue weighted by atomic mass is 10.1. The first-order valence-corrected chi connectivity index (χ1v) is 7.64. The lowest BCUT2D eigenvalue weighted by molar-refractivity contribution is 0.213. The molecule has 1 aromatic heterocycles. The minimum Gasteiger partial charge on any atom is -0.396 e. The van der Waals surface area contributed by atoms with Gasteiger partial charge < -0.3 is 5.11 Å². The van der Waals surface area contributed by atoms with Crippen LogP contribution < -0.4 is 4.72 Å². The van der Waals surface area contributed by atoms with Crippen molar-refractivity contribution in [1.82, 2.24) is 9.71 Å². The Balaban J connectivity index is 2.14. The Hall–Kier alpha value is -0.690. The highest BCUT2D eigenvalue weighted by Gasteiger charge is 2.30. The van der Waals surface area contributed by atoms with Gasteiger partial charge in [-0.15, -0.1) is 0 Å². The van der Waals surface area contributed by atoms with E-state index < -0.39 is 10.0 Å². The van der Waals surface area contributed by atoms with Crippen LogP contribution in [0.1, 0.15) is 19.3 Å². The highest BCUT2D eigenvalue weighted by atomic mass is 35.5. The minimum absolute atomic E-state index is 0.0000318. The summed E-state index contributed by atoms with van der Waals surface area (Å²) < 4.78 is 26.8. The predicted octanol–water partition coefficient (Wildman–Crippen LogP) is 1.17. The smallest absolute Gasteiger partial charge is 0.242 e. The molecular formula is C11H15ClN2O3S. The second-order valence-electron chi connectivity index (χ2n) is 4.42. The fourth-order valence-corrected chi connectivity index (χ4v) is 3.59. The van der Waals surface area contributed by atoms with E-state index in [2.05, 4.69) is 9.71 Å². The number of hydrogen-bond donors (Lipinski definition) is 2. The maximum atomic E-state index is 12.1. The number of halogens is 1.